The molecule has 1 aliphatic rings. The molecule has 1 heterocycles. The molecule has 0 saturated carbocycles. The van der Waals surface area contributed by atoms with E-state index in [1.165, 1.54) is 16.0 Å². The fraction of sp³-hybridized carbons (Fsp3) is 0.438. The van der Waals surface area contributed by atoms with Gasteiger partial charge in [-0.3, -0.25) is 0 Å². The van der Waals surface area contributed by atoms with Gasteiger partial charge in [0.25, 0.3) is 0 Å². The van der Waals surface area contributed by atoms with Crippen LogP contribution in [0.3, 0.4) is 0 Å². The molecule has 2 N–H and O–H groups in total. The molecule has 3 nitrogen and oxygen atoms in total. The highest BCUT2D eigenvalue weighted by Crippen LogP contribution is 2.35. The Morgan fingerprint density at radius 1 is 1.50 bits per heavy atom. The van der Waals surface area contributed by atoms with Crippen LogP contribution in [0.5, 0.6) is 5.75 Å². The molecule has 1 aromatic carbocycles. The van der Waals surface area contributed by atoms with Gasteiger partial charge in [-0.1, -0.05) is 13.0 Å². The van der Waals surface area contributed by atoms with Crippen molar-refractivity contribution in [3.8, 4) is 5.75 Å². The number of phenols is 1. The second-order valence-electron chi connectivity index (χ2n) is 5.38. The summed E-state index contributed by atoms with van der Waals surface area (Å²) in [5.74, 6) is 0.366. The number of aromatic hydroxyl groups is 1. The molecule has 2 unspecified atom stereocenters. The zero-order valence-electron chi connectivity index (χ0n) is 11.9. The predicted octanol–water partition coefficient (Wildman–Crippen LogP) is 3.75. The summed E-state index contributed by atoms with van der Waals surface area (Å²) in [6, 6.07) is 6.35. The summed E-state index contributed by atoms with van der Waals surface area (Å²) in [6.07, 6.45) is 5.16. The Morgan fingerprint density at radius 3 is 3.10 bits per heavy atom. The van der Waals surface area contributed by atoms with Crippen molar-refractivity contribution in [2.75, 3.05) is 0 Å². The van der Waals surface area contributed by atoms with Crippen molar-refractivity contribution in [3.05, 3.63) is 45.4 Å². The highest BCUT2D eigenvalue weighted by molar-refractivity contribution is 7.11. The van der Waals surface area contributed by atoms with Crippen molar-refractivity contribution in [1.82, 2.24) is 10.3 Å². The van der Waals surface area contributed by atoms with Gasteiger partial charge in [0.15, 0.2) is 0 Å². The number of nitrogens with zero attached hydrogens (tertiary/aromatic N) is 1. The number of hydrogen-bond acceptors (Lipinski definition) is 4. The Balaban J connectivity index is 1.73. The van der Waals surface area contributed by atoms with E-state index in [0.717, 1.165) is 24.3 Å². The van der Waals surface area contributed by atoms with E-state index < -0.39 is 0 Å². The SMILES string of the molecule is CCc1cnc(C(C)NC2CCc3cc(O)ccc32)s1. The molecule has 0 saturated heterocycles. The Hall–Kier alpha value is -1.39. The largest absolute Gasteiger partial charge is 0.508 e. The summed E-state index contributed by atoms with van der Waals surface area (Å²) in [5, 5.41) is 14.4. The van der Waals surface area contributed by atoms with Crippen LogP contribution in [0, 0.1) is 0 Å². The minimum absolute atomic E-state index is 0.269. The number of thiazole rings is 1. The summed E-state index contributed by atoms with van der Waals surface area (Å²) >= 11 is 1.79. The van der Waals surface area contributed by atoms with E-state index >= 15 is 0 Å². The first-order chi connectivity index (χ1) is 9.67. The van der Waals surface area contributed by atoms with Crippen LogP contribution < -0.4 is 5.32 Å². The van der Waals surface area contributed by atoms with Gasteiger partial charge >= 0.3 is 0 Å². The van der Waals surface area contributed by atoms with Crippen LogP contribution in [-0.4, -0.2) is 10.1 Å². The second kappa shape index (κ2) is 5.54. The topological polar surface area (TPSA) is 45.2 Å². The van der Waals surface area contributed by atoms with Crippen molar-refractivity contribution < 1.29 is 5.11 Å². The van der Waals surface area contributed by atoms with E-state index in [0.29, 0.717) is 11.8 Å². The molecule has 1 aromatic heterocycles. The van der Waals surface area contributed by atoms with Crippen LogP contribution in [0.25, 0.3) is 0 Å². The van der Waals surface area contributed by atoms with Crippen molar-refractivity contribution in [3.63, 3.8) is 0 Å². The predicted molar refractivity (Wildman–Crippen MR) is 82.2 cm³/mol. The minimum atomic E-state index is 0.269. The molecule has 4 heteroatoms. The molecule has 3 rings (SSSR count). The molecular weight excluding hydrogens is 268 g/mol. The maximum absolute atomic E-state index is 9.54. The number of hydrogen-bond donors (Lipinski definition) is 2. The van der Waals surface area contributed by atoms with Crippen molar-refractivity contribution in [2.45, 2.75) is 45.2 Å². The van der Waals surface area contributed by atoms with E-state index in [1.807, 2.05) is 18.3 Å². The van der Waals surface area contributed by atoms with Gasteiger partial charge in [-0.25, -0.2) is 4.98 Å². The Bertz CT molecular complexity index is 608. The third-order valence-corrected chi connectivity index (χ3v) is 5.27. The lowest BCUT2D eigenvalue weighted by atomic mass is 10.1. The maximum Gasteiger partial charge on any atom is 0.115 e. The number of fused-ring (bicyclic) bond motifs is 1. The molecule has 106 valence electrons. The van der Waals surface area contributed by atoms with Gasteiger partial charge in [-0.2, -0.15) is 0 Å². The zero-order chi connectivity index (χ0) is 14.1. The Kier molecular flexibility index (Phi) is 3.76. The van der Waals surface area contributed by atoms with Crippen molar-refractivity contribution >= 4 is 11.3 Å². The Labute approximate surface area is 123 Å². The van der Waals surface area contributed by atoms with Crippen molar-refractivity contribution in [2.24, 2.45) is 0 Å². The summed E-state index contributed by atoms with van der Waals surface area (Å²) in [4.78, 5) is 5.85. The molecular formula is C16H20N2OS. The minimum Gasteiger partial charge on any atom is -0.508 e. The van der Waals surface area contributed by atoms with E-state index in [2.05, 4.69) is 24.1 Å². The van der Waals surface area contributed by atoms with Gasteiger partial charge in [-0.05, 0) is 49.4 Å². The van der Waals surface area contributed by atoms with Gasteiger partial charge < -0.3 is 10.4 Å². The van der Waals surface area contributed by atoms with Gasteiger partial charge in [-0.15, -0.1) is 11.3 Å². The van der Waals surface area contributed by atoms with Gasteiger partial charge in [0, 0.05) is 17.1 Å². The normalized spacial score (nSPS) is 19.0. The average molecular weight is 288 g/mol. The molecule has 2 atom stereocenters. The highest BCUT2D eigenvalue weighted by Gasteiger charge is 2.24. The number of benzene rings is 1. The number of nitrogens with one attached hydrogen (secondary N) is 1. The molecule has 0 bridgehead atoms. The number of aryl methyl sites for hydroxylation is 2. The summed E-state index contributed by atoms with van der Waals surface area (Å²) in [6.45, 7) is 4.34. The molecule has 0 aliphatic heterocycles. The summed E-state index contributed by atoms with van der Waals surface area (Å²) in [5.41, 5.74) is 2.59. The fourth-order valence-electron chi connectivity index (χ4n) is 2.84. The van der Waals surface area contributed by atoms with Gasteiger partial charge in [0.2, 0.25) is 0 Å². The summed E-state index contributed by atoms with van der Waals surface area (Å²) in [7, 11) is 0. The third kappa shape index (κ3) is 2.58. The first-order valence-electron chi connectivity index (χ1n) is 7.19. The zero-order valence-corrected chi connectivity index (χ0v) is 12.7. The van der Waals surface area contributed by atoms with E-state index in [-0.39, 0.29) is 6.04 Å². The molecule has 1 aliphatic carbocycles. The lowest BCUT2D eigenvalue weighted by molar-refractivity contribution is 0.463. The Morgan fingerprint density at radius 2 is 2.35 bits per heavy atom. The summed E-state index contributed by atoms with van der Waals surface area (Å²) < 4.78 is 0. The average Bonchev–Trinajstić information content (AvgIpc) is 3.05. The van der Waals surface area contributed by atoms with Crippen LogP contribution in [0.4, 0.5) is 0 Å². The van der Waals surface area contributed by atoms with Crippen LogP contribution >= 0.6 is 11.3 Å². The smallest absolute Gasteiger partial charge is 0.115 e. The second-order valence-corrected chi connectivity index (χ2v) is 6.53. The molecule has 0 radical (unpaired) electrons. The standard InChI is InChI=1S/C16H20N2OS/c1-3-13-9-17-16(20-13)10(2)18-15-7-4-11-8-12(19)5-6-14(11)15/h5-6,8-10,15,18-19H,3-4,7H2,1-2H3. The lowest BCUT2D eigenvalue weighted by Crippen LogP contribution is -2.22. The third-order valence-electron chi connectivity index (χ3n) is 3.95. The number of aromatic nitrogens is 1. The monoisotopic (exact) mass is 288 g/mol. The van der Waals surface area contributed by atoms with Crippen LogP contribution in [0.2, 0.25) is 0 Å². The van der Waals surface area contributed by atoms with Crippen molar-refractivity contribution in [1.29, 1.82) is 0 Å². The molecule has 0 fully saturated rings. The first-order valence-corrected chi connectivity index (χ1v) is 8.01. The molecule has 2 aromatic rings. The molecule has 0 amide bonds. The maximum atomic E-state index is 9.54. The van der Waals surface area contributed by atoms with E-state index in [1.54, 1.807) is 17.4 Å². The van der Waals surface area contributed by atoms with E-state index in [4.69, 9.17) is 0 Å². The van der Waals surface area contributed by atoms with E-state index in [9.17, 15) is 5.11 Å². The van der Waals surface area contributed by atoms with Crippen LogP contribution in [0.1, 0.15) is 53.4 Å². The molecule has 20 heavy (non-hydrogen) atoms. The quantitative estimate of drug-likeness (QED) is 0.900. The number of rotatable bonds is 4. The van der Waals surface area contributed by atoms with Crippen LogP contribution in [-0.2, 0) is 12.8 Å². The first kappa shape index (κ1) is 13.6. The fourth-order valence-corrected chi connectivity index (χ4v) is 3.71. The van der Waals surface area contributed by atoms with Crippen LogP contribution in [0.15, 0.2) is 24.4 Å². The number of phenolic OH excluding ortho intramolecular Hbond substituents is 1. The molecule has 0 spiro atoms. The van der Waals surface area contributed by atoms with Gasteiger partial charge in [0.1, 0.15) is 10.8 Å². The highest BCUT2D eigenvalue weighted by atomic mass is 32.1. The lowest BCUT2D eigenvalue weighted by Gasteiger charge is -2.18. The van der Waals surface area contributed by atoms with Gasteiger partial charge in [0.05, 0.1) is 6.04 Å².